The van der Waals surface area contributed by atoms with Crippen LogP contribution in [0.15, 0.2) is 29.2 Å². The first kappa shape index (κ1) is 22.1. The van der Waals surface area contributed by atoms with Gasteiger partial charge in [-0.15, -0.1) is 0 Å². The number of aromatic nitrogens is 2. The SMILES string of the molecule is Cc1ccccc1Cn1nc(C)c(NS(=O)(=O)c2c(C)c(C)c(C)c(C)c2C)c1C. The Morgan fingerprint density at radius 1 is 0.833 bits per heavy atom. The average molecular weight is 426 g/mol. The summed E-state index contributed by atoms with van der Waals surface area (Å²) in [4.78, 5) is 0.369. The van der Waals surface area contributed by atoms with Gasteiger partial charge in [-0.1, -0.05) is 24.3 Å². The quantitative estimate of drug-likeness (QED) is 0.611. The summed E-state index contributed by atoms with van der Waals surface area (Å²) in [5.74, 6) is 0. The minimum absolute atomic E-state index is 0.369. The van der Waals surface area contributed by atoms with E-state index in [1.54, 1.807) is 0 Å². The smallest absolute Gasteiger partial charge is 0.262 e. The third-order valence-corrected chi connectivity index (χ3v) is 8.02. The molecular formula is C24H31N3O2S. The number of hydrogen-bond donors (Lipinski definition) is 1. The van der Waals surface area contributed by atoms with Gasteiger partial charge in [-0.2, -0.15) is 5.10 Å². The topological polar surface area (TPSA) is 64.0 Å². The Bertz CT molecular complexity index is 1210. The molecule has 0 amide bonds. The number of nitrogens with one attached hydrogen (secondary N) is 1. The number of nitrogens with zero attached hydrogens (tertiary/aromatic N) is 2. The largest absolute Gasteiger partial charge is 0.276 e. The Morgan fingerprint density at radius 3 is 1.93 bits per heavy atom. The molecule has 2 aromatic carbocycles. The van der Waals surface area contributed by atoms with E-state index in [0.29, 0.717) is 22.8 Å². The minimum Gasteiger partial charge on any atom is -0.276 e. The van der Waals surface area contributed by atoms with Crippen LogP contribution in [0.3, 0.4) is 0 Å². The van der Waals surface area contributed by atoms with Crippen LogP contribution < -0.4 is 4.72 Å². The van der Waals surface area contributed by atoms with Gasteiger partial charge < -0.3 is 0 Å². The van der Waals surface area contributed by atoms with E-state index in [4.69, 9.17) is 0 Å². The number of sulfonamides is 1. The first-order chi connectivity index (χ1) is 14.0. The van der Waals surface area contributed by atoms with E-state index in [9.17, 15) is 8.42 Å². The fraction of sp³-hybridized carbons (Fsp3) is 0.375. The maximum Gasteiger partial charge on any atom is 0.262 e. The number of rotatable bonds is 5. The highest BCUT2D eigenvalue weighted by atomic mass is 32.2. The van der Waals surface area contributed by atoms with Crippen molar-refractivity contribution in [2.24, 2.45) is 0 Å². The fourth-order valence-corrected chi connectivity index (χ4v) is 5.78. The molecule has 0 aliphatic rings. The van der Waals surface area contributed by atoms with Gasteiger partial charge in [-0.25, -0.2) is 8.42 Å². The van der Waals surface area contributed by atoms with Crippen molar-refractivity contribution >= 4 is 15.7 Å². The van der Waals surface area contributed by atoms with Gasteiger partial charge in [0, 0.05) is 0 Å². The Balaban J connectivity index is 2.04. The molecule has 3 aromatic rings. The molecule has 0 bridgehead atoms. The zero-order valence-corrected chi connectivity index (χ0v) is 20.0. The molecule has 30 heavy (non-hydrogen) atoms. The fourth-order valence-electron chi connectivity index (χ4n) is 4.00. The standard InChI is InChI=1S/C24H31N3O2S/c1-14-11-9-10-12-22(14)13-27-21(8)23(20(7)25-27)26-30(28,29)24-18(5)16(3)15(2)17(4)19(24)6/h9-12,26H,13H2,1-8H3. The molecule has 0 radical (unpaired) electrons. The summed E-state index contributed by atoms with van der Waals surface area (Å²) >= 11 is 0. The third kappa shape index (κ3) is 3.76. The lowest BCUT2D eigenvalue weighted by atomic mass is 9.95. The van der Waals surface area contributed by atoms with Crippen molar-refractivity contribution in [3.8, 4) is 0 Å². The van der Waals surface area contributed by atoms with Gasteiger partial charge in [-0.3, -0.25) is 9.40 Å². The monoisotopic (exact) mass is 425 g/mol. The Hall–Kier alpha value is -2.60. The first-order valence-electron chi connectivity index (χ1n) is 10.1. The van der Waals surface area contributed by atoms with Crippen molar-refractivity contribution in [2.75, 3.05) is 4.72 Å². The van der Waals surface area contributed by atoms with Gasteiger partial charge in [0.2, 0.25) is 0 Å². The highest BCUT2D eigenvalue weighted by molar-refractivity contribution is 7.92. The van der Waals surface area contributed by atoms with Crippen LogP contribution in [0.2, 0.25) is 0 Å². The molecule has 1 N–H and O–H groups in total. The predicted octanol–water partition coefficient (Wildman–Crippen LogP) is 5.20. The highest BCUT2D eigenvalue weighted by Gasteiger charge is 2.26. The molecule has 1 aromatic heterocycles. The Kier molecular flexibility index (Phi) is 5.83. The van der Waals surface area contributed by atoms with Gasteiger partial charge in [0.05, 0.1) is 28.5 Å². The molecule has 1 heterocycles. The second-order valence-corrected chi connectivity index (χ2v) is 9.81. The predicted molar refractivity (Wildman–Crippen MR) is 123 cm³/mol. The second kappa shape index (κ2) is 7.91. The van der Waals surface area contributed by atoms with Crippen LogP contribution in [-0.4, -0.2) is 18.2 Å². The van der Waals surface area contributed by atoms with Crippen LogP contribution in [0, 0.1) is 55.4 Å². The molecule has 0 unspecified atom stereocenters. The molecule has 0 spiro atoms. The molecule has 3 rings (SSSR count). The zero-order valence-electron chi connectivity index (χ0n) is 19.1. The molecule has 160 valence electrons. The van der Waals surface area contributed by atoms with Crippen molar-refractivity contribution in [2.45, 2.75) is 66.8 Å². The van der Waals surface area contributed by atoms with E-state index in [-0.39, 0.29) is 0 Å². The molecule has 6 heteroatoms. The van der Waals surface area contributed by atoms with Crippen LogP contribution in [0.5, 0.6) is 0 Å². The van der Waals surface area contributed by atoms with E-state index in [0.717, 1.165) is 39.1 Å². The first-order valence-corrected chi connectivity index (χ1v) is 11.6. The third-order valence-electron chi connectivity index (χ3n) is 6.40. The molecule has 5 nitrogen and oxygen atoms in total. The second-order valence-electron chi connectivity index (χ2n) is 8.19. The van der Waals surface area contributed by atoms with Gasteiger partial charge in [0.15, 0.2) is 0 Å². The van der Waals surface area contributed by atoms with Gasteiger partial charge in [0.25, 0.3) is 10.0 Å². The van der Waals surface area contributed by atoms with Crippen LogP contribution in [0.4, 0.5) is 5.69 Å². The highest BCUT2D eigenvalue weighted by Crippen LogP contribution is 2.32. The van der Waals surface area contributed by atoms with Crippen molar-refractivity contribution < 1.29 is 8.42 Å². The van der Waals surface area contributed by atoms with E-state index < -0.39 is 10.0 Å². The van der Waals surface area contributed by atoms with Crippen LogP contribution >= 0.6 is 0 Å². The van der Waals surface area contributed by atoms with Crippen molar-refractivity contribution in [1.82, 2.24) is 9.78 Å². The molecular weight excluding hydrogens is 394 g/mol. The molecule has 0 aliphatic carbocycles. The summed E-state index contributed by atoms with van der Waals surface area (Å²) in [7, 11) is -3.75. The lowest BCUT2D eigenvalue weighted by Crippen LogP contribution is -2.18. The van der Waals surface area contributed by atoms with Crippen molar-refractivity contribution in [3.63, 3.8) is 0 Å². The van der Waals surface area contributed by atoms with Crippen LogP contribution in [0.25, 0.3) is 0 Å². The number of anilines is 1. The maximum atomic E-state index is 13.4. The van der Waals surface area contributed by atoms with Crippen LogP contribution in [-0.2, 0) is 16.6 Å². The summed E-state index contributed by atoms with van der Waals surface area (Å²) in [5, 5.41) is 4.61. The van der Waals surface area contributed by atoms with Gasteiger partial charge >= 0.3 is 0 Å². The molecule has 0 fully saturated rings. The lowest BCUT2D eigenvalue weighted by molar-refractivity contribution is 0.599. The molecule has 0 saturated carbocycles. The van der Waals surface area contributed by atoms with E-state index in [2.05, 4.69) is 28.9 Å². The number of benzene rings is 2. The van der Waals surface area contributed by atoms with Gasteiger partial charge in [0.1, 0.15) is 0 Å². The Labute approximate surface area is 180 Å². The normalized spacial score (nSPS) is 11.7. The minimum atomic E-state index is -3.75. The van der Waals surface area contributed by atoms with E-state index in [1.165, 1.54) is 5.56 Å². The van der Waals surface area contributed by atoms with Crippen LogP contribution in [0.1, 0.15) is 50.3 Å². The average Bonchev–Trinajstić information content (AvgIpc) is 2.93. The van der Waals surface area contributed by atoms with Crippen molar-refractivity contribution in [1.29, 1.82) is 0 Å². The molecule has 0 atom stereocenters. The lowest BCUT2D eigenvalue weighted by Gasteiger charge is -2.19. The maximum absolute atomic E-state index is 13.4. The molecule has 0 aliphatic heterocycles. The summed E-state index contributed by atoms with van der Waals surface area (Å²) in [6.45, 7) is 16.2. The summed E-state index contributed by atoms with van der Waals surface area (Å²) in [6, 6.07) is 8.15. The zero-order chi connectivity index (χ0) is 22.4. The summed E-state index contributed by atoms with van der Waals surface area (Å²) < 4.78 is 31.6. The van der Waals surface area contributed by atoms with E-state index in [1.807, 2.05) is 65.3 Å². The van der Waals surface area contributed by atoms with E-state index >= 15 is 0 Å². The Morgan fingerprint density at radius 2 is 1.37 bits per heavy atom. The van der Waals surface area contributed by atoms with Gasteiger partial charge in [-0.05, 0) is 94.3 Å². The number of hydrogen-bond acceptors (Lipinski definition) is 3. The molecule has 0 saturated heterocycles. The summed E-state index contributed by atoms with van der Waals surface area (Å²) in [6.07, 6.45) is 0. The van der Waals surface area contributed by atoms with Crippen molar-refractivity contribution in [3.05, 3.63) is 74.6 Å². The summed E-state index contributed by atoms with van der Waals surface area (Å²) in [5.41, 5.74) is 9.13. The number of aryl methyl sites for hydroxylation is 2.